The fourth-order valence-electron chi connectivity index (χ4n) is 3.17. The summed E-state index contributed by atoms with van der Waals surface area (Å²) in [5, 5.41) is 0. The normalized spacial score (nSPS) is 15.2. The highest BCUT2D eigenvalue weighted by atomic mass is 32.2. The number of ether oxygens (including phenoxy) is 2. The molecule has 2 aromatic rings. The first-order valence-electron chi connectivity index (χ1n) is 9.01. The number of carbonyl (C=O) groups is 1. The Morgan fingerprint density at radius 1 is 1.00 bits per heavy atom. The van der Waals surface area contributed by atoms with E-state index in [4.69, 9.17) is 4.74 Å². The largest absolute Gasteiger partial charge is 0.493 e. The third-order valence-corrected chi connectivity index (χ3v) is 6.62. The number of hydrogen-bond donors (Lipinski definition) is 0. The van der Waals surface area contributed by atoms with Crippen LogP contribution in [0.15, 0.2) is 41.3 Å². The standard InChI is InChI=1S/C19H18F4N2O5S/c1-29-16-11-12(5-6-15(16)30-19(22)23)18(26)24-7-9-25(10-8-24)31(27,28)17-13(20)3-2-4-14(17)21/h2-6,11,19H,7-10H2,1H3. The topological polar surface area (TPSA) is 76.2 Å². The number of benzene rings is 2. The summed E-state index contributed by atoms with van der Waals surface area (Å²) in [6, 6.07) is 6.44. The molecule has 1 aliphatic heterocycles. The number of halogens is 4. The lowest BCUT2D eigenvalue weighted by Gasteiger charge is -2.34. The van der Waals surface area contributed by atoms with Crippen molar-refractivity contribution in [2.24, 2.45) is 0 Å². The first-order valence-corrected chi connectivity index (χ1v) is 10.5. The molecule has 0 N–H and O–H groups in total. The number of carbonyl (C=O) groups excluding carboxylic acids is 1. The molecule has 7 nitrogen and oxygen atoms in total. The van der Waals surface area contributed by atoms with E-state index in [1.807, 2.05) is 0 Å². The van der Waals surface area contributed by atoms with E-state index >= 15 is 0 Å². The van der Waals surface area contributed by atoms with E-state index in [-0.39, 0.29) is 43.2 Å². The summed E-state index contributed by atoms with van der Waals surface area (Å²) in [5.74, 6) is -3.19. The lowest BCUT2D eigenvalue weighted by atomic mass is 10.1. The van der Waals surface area contributed by atoms with Gasteiger partial charge in [0.15, 0.2) is 16.4 Å². The molecular weight excluding hydrogens is 444 g/mol. The monoisotopic (exact) mass is 462 g/mol. The van der Waals surface area contributed by atoms with E-state index < -0.39 is 39.1 Å². The highest BCUT2D eigenvalue weighted by molar-refractivity contribution is 7.89. The summed E-state index contributed by atoms with van der Waals surface area (Å²) in [7, 11) is -3.20. The number of piperazine rings is 1. The predicted molar refractivity (Wildman–Crippen MR) is 101 cm³/mol. The van der Waals surface area contributed by atoms with Gasteiger partial charge in [-0.2, -0.15) is 13.1 Å². The van der Waals surface area contributed by atoms with Gasteiger partial charge < -0.3 is 14.4 Å². The van der Waals surface area contributed by atoms with Crippen LogP contribution in [0.5, 0.6) is 11.5 Å². The van der Waals surface area contributed by atoms with Crippen LogP contribution in [0.4, 0.5) is 17.6 Å². The Kier molecular flexibility index (Phi) is 6.70. The third-order valence-electron chi connectivity index (χ3n) is 4.67. The fraction of sp³-hybridized carbons (Fsp3) is 0.316. The number of methoxy groups -OCH3 is 1. The molecule has 1 saturated heterocycles. The van der Waals surface area contributed by atoms with Gasteiger partial charge in [-0.05, 0) is 30.3 Å². The third kappa shape index (κ3) is 4.74. The molecule has 168 valence electrons. The van der Waals surface area contributed by atoms with Gasteiger partial charge in [-0.25, -0.2) is 17.2 Å². The summed E-state index contributed by atoms with van der Waals surface area (Å²) in [5.41, 5.74) is 0.120. The molecule has 0 spiro atoms. The Morgan fingerprint density at radius 2 is 1.61 bits per heavy atom. The number of nitrogens with zero attached hydrogens (tertiary/aromatic N) is 2. The Balaban J connectivity index is 1.73. The minimum Gasteiger partial charge on any atom is -0.493 e. The van der Waals surface area contributed by atoms with Gasteiger partial charge in [-0.1, -0.05) is 6.07 Å². The molecule has 0 unspecified atom stereocenters. The molecule has 0 aromatic heterocycles. The molecule has 3 rings (SSSR count). The van der Waals surface area contributed by atoms with Crippen LogP contribution in [0, 0.1) is 11.6 Å². The number of hydrogen-bond acceptors (Lipinski definition) is 5. The van der Waals surface area contributed by atoms with Crippen molar-refractivity contribution >= 4 is 15.9 Å². The molecule has 0 aliphatic carbocycles. The van der Waals surface area contributed by atoms with Crippen molar-refractivity contribution in [2.45, 2.75) is 11.5 Å². The first kappa shape index (κ1) is 22.8. The van der Waals surface area contributed by atoms with Crippen LogP contribution in [-0.4, -0.2) is 63.4 Å². The van der Waals surface area contributed by atoms with Gasteiger partial charge in [-0.3, -0.25) is 4.79 Å². The highest BCUT2D eigenvalue weighted by Crippen LogP contribution is 2.30. The van der Waals surface area contributed by atoms with Gasteiger partial charge in [0.05, 0.1) is 7.11 Å². The van der Waals surface area contributed by atoms with Crippen molar-refractivity contribution in [1.82, 2.24) is 9.21 Å². The van der Waals surface area contributed by atoms with Gasteiger partial charge in [0.1, 0.15) is 11.6 Å². The van der Waals surface area contributed by atoms with Crippen LogP contribution in [0.1, 0.15) is 10.4 Å². The van der Waals surface area contributed by atoms with Gasteiger partial charge in [0.25, 0.3) is 5.91 Å². The quantitative estimate of drug-likeness (QED) is 0.618. The molecule has 1 heterocycles. The Hall–Kier alpha value is -2.86. The zero-order chi connectivity index (χ0) is 22.8. The average Bonchev–Trinajstić information content (AvgIpc) is 2.73. The molecule has 2 aromatic carbocycles. The molecule has 12 heteroatoms. The van der Waals surface area contributed by atoms with Crippen LogP contribution >= 0.6 is 0 Å². The van der Waals surface area contributed by atoms with Crippen LogP contribution in [-0.2, 0) is 10.0 Å². The Morgan fingerprint density at radius 3 is 2.16 bits per heavy atom. The van der Waals surface area contributed by atoms with Crippen LogP contribution in [0.2, 0.25) is 0 Å². The minimum absolute atomic E-state index is 0.0360. The van der Waals surface area contributed by atoms with Crippen molar-refractivity contribution in [3.8, 4) is 11.5 Å². The van der Waals surface area contributed by atoms with Crippen molar-refractivity contribution in [2.75, 3.05) is 33.3 Å². The lowest BCUT2D eigenvalue weighted by molar-refractivity contribution is -0.0512. The summed E-state index contributed by atoms with van der Waals surface area (Å²) >= 11 is 0. The Labute approximate surface area is 175 Å². The van der Waals surface area contributed by atoms with E-state index in [9.17, 15) is 30.8 Å². The van der Waals surface area contributed by atoms with E-state index in [2.05, 4.69) is 4.74 Å². The van der Waals surface area contributed by atoms with E-state index in [0.717, 1.165) is 22.5 Å². The van der Waals surface area contributed by atoms with Gasteiger partial charge >= 0.3 is 6.61 Å². The molecule has 0 radical (unpaired) electrons. The molecule has 0 bridgehead atoms. The van der Waals surface area contributed by atoms with Crippen LogP contribution < -0.4 is 9.47 Å². The maximum atomic E-state index is 13.9. The second kappa shape index (κ2) is 9.10. The van der Waals surface area contributed by atoms with Crippen LogP contribution in [0.25, 0.3) is 0 Å². The second-order valence-corrected chi connectivity index (χ2v) is 8.37. The lowest BCUT2D eigenvalue weighted by Crippen LogP contribution is -2.50. The van der Waals surface area contributed by atoms with Crippen molar-refractivity contribution in [3.05, 3.63) is 53.6 Å². The Bertz CT molecular complexity index is 1050. The van der Waals surface area contributed by atoms with E-state index in [1.165, 1.54) is 30.2 Å². The van der Waals surface area contributed by atoms with E-state index in [1.54, 1.807) is 0 Å². The van der Waals surface area contributed by atoms with E-state index in [0.29, 0.717) is 0 Å². The number of sulfonamides is 1. The number of alkyl halides is 2. The number of amides is 1. The fourth-order valence-corrected chi connectivity index (χ4v) is 4.70. The molecule has 0 atom stereocenters. The average molecular weight is 462 g/mol. The maximum absolute atomic E-state index is 13.9. The molecule has 1 aliphatic rings. The smallest absolute Gasteiger partial charge is 0.387 e. The molecule has 31 heavy (non-hydrogen) atoms. The van der Waals surface area contributed by atoms with Gasteiger partial charge in [-0.15, -0.1) is 0 Å². The van der Waals surface area contributed by atoms with Gasteiger partial charge in [0, 0.05) is 31.7 Å². The van der Waals surface area contributed by atoms with Crippen molar-refractivity contribution in [1.29, 1.82) is 0 Å². The van der Waals surface area contributed by atoms with Crippen LogP contribution in [0.3, 0.4) is 0 Å². The summed E-state index contributed by atoms with van der Waals surface area (Å²) in [4.78, 5) is 13.0. The summed E-state index contributed by atoms with van der Waals surface area (Å²) < 4.78 is 88.2. The molecular formula is C19H18F4N2O5S. The summed E-state index contributed by atoms with van der Waals surface area (Å²) in [6.45, 7) is -3.49. The molecule has 1 amide bonds. The molecule has 0 saturated carbocycles. The highest BCUT2D eigenvalue weighted by Gasteiger charge is 2.34. The maximum Gasteiger partial charge on any atom is 0.387 e. The predicted octanol–water partition coefficient (Wildman–Crippen LogP) is 2.72. The van der Waals surface area contributed by atoms with Crippen molar-refractivity contribution < 1.29 is 40.2 Å². The van der Waals surface area contributed by atoms with Crippen molar-refractivity contribution in [3.63, 3.8) is 0 Å². The summed E-state index contributed by atoms with van der Waals surface area (Å²) in [6.07, 6.45) is 0. The molecule has 1 fully saturated rings. The zero-order valence-electron chi connectivity index (χ0n) is 16.2. The second-order valence-electron chi connectivity index (χ2n) is 6.49. The SMILES string of the molecule is COc1cc(C(=O)N2CCN(S(=O)(=O)c3c(F)cccc3F)CC2)ccc1OC(F)F. The number of rotatable bonds is 6. The first-order chi connectivity index (χ1) is 14.6. The minimum atomic E-state index is -4.43. The van der Waals surface area contributed by atoms with Gasteiger partial charge in [0.2, 0.25) is 10.0 Å². The zero-order valence-corrected chi connectivity index (χ0v) is 17.0.